The van der Waals surface area contributed by atoms with Crippen LogP contribution in [0.2, 0.25) is 0 Å². The molecule has 2 aliphatic heterocycles. The summed E-state index contributed by atoms with van der Waals surface area (Å²) in [5.41, 5.74) is 0. The SMILES string of the molecule is CCC1CCCCN1C(=O)[C@H]1CCN[C@@H](C)C1. The number of rotatable bonds is 2. The van der Waals surface area contributed by atoms with Gasteiger partial charge >= 0.3 is 0 Å². The molecule has 1 unspecified atom stereocenters. The Labute approximate surface area is 105 Å². The molecule has 17 heavy (non-hydrogen) atoms. The zero-order valence-corrected chi connectivity index (χ0v) is 11.2. The Hall–Kier alpha value is -0.570. The van der Waals surface area contributed by atoms with Gasteiger partial charge in [0.2, 0.25) is 5.91 Å². The second kappa shape index (κ2) is 5.85. The fraction of sp³-hybridized carbons (Fsp3) is 0.929. The summed E-state index contributed by atoms with van der Waals surface area (Å²) >= 11 is 0. The molecule has 3 heteroatoms. The van der Waals surface area contributed by atoms with Crippen LogP contribution in [-0.4, -0.2) is 36.0 Å². The zero-order valence-electron chi connectivity index (χ0n) is 11.2. The Morgan fingerprint density at radius 1 is 1.35 bits per heavy atom. The maximum Gasteiger partial charge on any atom is 0.226 e. The largest absolute Gasteiger partial charge is 0.339 e. The van der Waals surface area contributed by atoms with E-state index in [1.807, 2.05) is 0 Å². The molecule has 98 valence electrons. The molecule has 1 N–H and O–H groups in total. The van der Waals surface area contributed by atoms with Gasteiger partial charge < -0.3 is 10.2 Å². The number of nitrogens with one attached hydrogen (secondary N) is 1. The summed E-state index contributed by atoms with van der Waals surface area (Å²) in [6, 6.07) is 1.02. The molecule has 3 nitrogen and oxygen atoms in total. The highest BCUT2D eigenvalue weighted by Crippen LogP contribution is 2.25. The lowest BCUT2D eigenvalue weighted by Crippen LogP contribution is -2.49. The van der Waals surface area contributed by atoms with Crippen molar-refractivity contribution in [2.24, 2.45) is 5.92 Å². The summed E-state index contributed by atoms with van der Waals surface area (Å²) in [6.45, 7) is 6.39. The average Bonchev–Trinajstić information content (AvgIpc) is 2.38. The minimum Gasteiger partial charge on any atom is -0.339 e. The summed E-state index contributed by atoms with van der Waals surface area (Å²) in [7, 11) is 0. The number of carbonyl (C=O) groups is 1. The van der Waals surface area contributed by atoms with Crippen molar-refractivity contribution in [3.05, 3.63) is 0 Å². The van der Waals surface area contributed by atoms with E-state index in [0.717, 1.165) is 32.4 Å². The third-order valence-corrected chi connectivity index (χ3v) is 4.35. The van der Waals surface area contributed by atoms with Gasteiger partial charge in [-0.15, -0.1) is 0 Å². The molecule has 3 atom stereocenters. The number of nitrogens with zero attached hydrogens (tertiary/aromatic N) is 1. The first-order valence-corrected chi connectivity index (χ1v) is 7.26. The maximum absolute atomic E-state index is 12.6. The molecular weight excluding hydrogens is 212 g/mol. The van der Waals surface area contributed by atoms with Gasteiger partial charge in [-0.2, -0.15) is 0 Å². The van der Waals surface area contributed by atoms with E-state index in [4.69, 9.17) is 0 Å². The fourth-order valence-electron chi connectivity index (χ4n) is 3.31. The van der Waals surface area contributed by atoms with Gasteiger partial charge in [-0.05, 0) is 52.0 Å². The topological polar surface area (TPSA) is 32.3 Å². The van der Waals surface area contributed by atoms with Crippen molar-refractivity contribution < 1.29 is 4.79 Å². The number of amides is 1. The Balaban J connectivity index is 1.97. The molecule has 0 aromatic heterocycles. The normalized spacial score (nSPS) is 34.7. The lowest BCUT2D eigenvalue weighted by atomic mass is 9.90. The van der Waals surface area contributed by atoms with E-state index in [9.17, 15) is 4.79 Å². The number of piperidine rings is 2. The van der Waals surface area contributed by atoms with Crippen LogP contribution >= 0.6 is 0 Å². The molecule has 0 bridgehead atoms. The predicted octanol–water partition coefficient (Wildman–Crippen LogP) is 2.17. The smallest absolute Gasteiger partial charge is 0.226 e. The van der Waals surface area contributed by atoms with E-state index in [2.05, 4.69) is 24.1 Å². The highest BCUT2D eigenvalue weighted by Gasteiger charge is 2.32. The van der Waals surface area contributed by atoms with Crippen LogP contribution in [0.3, 0.4) is 0 Å². The van der Waals surface area contributed by atoms with E-state index >= 15 is 0 Å². The van der Waals surface area contributed by atoms with Gasteiger partial charge in [0.15, 0.2) is 0 Å². The van der Waals surface area contributed by atoms with E-state index in [0.29, 0.717) is 18.0 Å². The lowest BCUT2D eigenvalue weighted by molar-refractivity contribution is -0.140. The zero-order chi connectivity index (χ0) is 12.3. The first-order valence-electron chi connectivity index (χ1n) is 7.26. The number of carbonyl (C=O) groups excluding carboxylic acids is 1. The Kier molecular flexibility index (Phi) is 4.43. The van der Waals surface area contributed by atoms with Gasteiger partial charge in [0.05, 0.1) is 0 Å². The maximum atomic E-state index is 12.6. The molecule has 0 aromatic carbocycles. The van der Waals surface area contributed by atoms with Crippen molar-refractivity contribution in [1.29, 1.82) is 0 Å². The van der Waals surface area contributed by atoms with Crippen molar-refractivity contribution in [3.8, 4) is 0 Å². The highest BCUT2D eigenvalue weighted by atomic mass is 16.2. The van der Waals surface area contributed by atoms with Gasteiger partial charge in [-0.1, -0.05) is 6.92 Å². The Morgan fingerprint density at radius 3 is 2.88 bits per heavy atom. The number of hydrogen-bond acceptors (Lipinski definition) is 2. The summed E-state index contributed by atoms with van der Waals surface area (Å²) in [4.78, 5) is 14.8. The van der Waals surface area contributed by atoms with Crippen molar-refractivity contribution in [2.45, 2.75) is 64.5 Å². The van der Waals surface area contributed by atoms with Crippen LogP contribution in [0.25, 0.3) is 0 Å². The van der Waals surface area contributed by atoms with Crippen molar-refractivity contribution in [3.63, 3.8) is 0 Å². The van der Waals surface area contributed by atoms with Gasteiger partial charge in [-0.25, -0.2) is 0 Å². The molecule has 1 amide bonds. The van der Waals surface area contributed by atoms with Crippen molar-refractivity contribution in [2.75, 3.05) is 13.1 Å². The van der Waals surface area contributed by atoms with Crippen LogP contribution in [0.1, 0.15) is 52.4 Å². The molecule has 0 spiro atoms. The first-order chi connectivity index (χ1) is 8.22. The van der Waals surface area contributed by atoms with Gasteiger partial charge in [0, 0.05) is 24.5 Å². The standard InChI is InChI=1S/C14H26N2O/c1-3-13-6-4-5-9-16(13)14(17)12-7-8-15-11(2)10-12/h11-13,15H,3-10H2,1-2H3/t11-,12-,13?/m0/s1. The van der Waals surface area contributed by atoms with E-state index in [-0.39, 0.29) is 5.92 Å². The molecule has 2 saturated heterocycles. The highest BCUT2D eigenvalue weighted by molar-refractivity contribution is 5.79. The second-order valence-electron chi connectivity index (χ2n) is 5.67. The number of likely N-dealkylation sites (tertiary alicyclic amines) is 1. The molecule has 0 saturated carbocycles. The predicted molar refractivity (Wildman–Crippen MR) is 69.8 cm³/mol. The minimum atomic E-state index is 0.276. The lowest BCUT2D eigenvalue weighted by Gasteiger charge is -2.39. The molecule has 0 aromatic rings. The fourth-order valence-corrected chi connectivity index (χ4v) is 3.31. The molecule has 2 fully saturated rings. The van der Waals surface area contributed by atoms with Crippen LogP contribution in [0.5, 0.6) is 0 Å². The Bertz CT molecular complexity index is 267. The third kappa shape index (κ3) is 3.01. The third-order valence-electron chi connectivity index (χ3n) is 4.35. The van der Waals surface area contributed by atoms with Crippen LogP contribution < -0.4 is 5.32 Å². The van der Waals surface area contributed by atoms with Crippen LogP contribution in [0.15, 0.2) is 0 Å². The number of hydrogen-bond donors (Lipinski definition) is 1. The summed E-state index contributed by atoms with van der Waals surface area (Å²) < 4.78 is 0. The molecule has 2 heterocycles. The van der Waals surface area contributed by atoms with Gasteiger partial charge in [0.25, 0.3) is 0 Å². The van der Waals surface area contributed by atoms with E-state index in [1.54, 1.807) is 0 Å². The van der Waals surface area contributed by atoms with E-state index < -0.39 is 0 Å². The molecule has 0 aliphatic carbocycles. The monoisotopic (exact) mass is 238 g/mol. The van der Waals surface area contributed by atoms with Gasteiger partial charge in [0.1, 0.15) is 0 Å². The van der Waals surface area contributed by atoms with Crippen LogP contribution in [-0.2, 0) is 4.79 Å². The molecule has 2 aliphatic rings. The molecule has 2 rings (SSSR count). The average molecular weight is 238 g/mol. The first kappa shape index (κ1) is 12.9. The summed E-state index contributed by atoms with van der Waals surface area (Å²) in [6.07, 6.45) is 6.87. The quantitative estimate of drug-likeness (QED) is 0.799. The van der Waals surface area contributed by atoms with Gasteiger partial charge in [-0.3, -0.25) is 4.79 Å². The molecule has 0 radical (unpaired) electrons. The second-order valence-corrected chi connectivity index (χ2v) is 5.67. The van der Waals surface area contributed by atoms with Crippen LogP contribution in [0.4, 0.5) is 0 Å². The van der Waals surface area contributed by atoms with Crippen molar-refractivity contribution >= 4 is 5.91 Å². The van der Waals surface area contributed by atoms with Crippen LogP contribution in [0, 0.1) is 5.92 Å². The van der Waals surface area contributed by atoms with E-state index in [1.165, 1.54) is 19.3 Å². The summed E-state index contributed by atoms with van der Waals surface area (Å²) in [5, 5.41) is 3.42. The minimum absolute atomic E-state index is 0.276. The summed E-state index contributed by atoms with van der Waals surface area (Å²) in [5.74, 6) is 0.711. The van der Waals surface area contributed by atoms with Crippen molar-refractivity contribution in [1.82, 2.24) is 10.2 Å². The Morgan fingerprint density at radius 2 is 2.18 bits per heavy atom. The molecular formula is C14H26N2O.